The number of esters is 1. The van der Waals surface area contributed by atoms with Crippen molar-refractivity contribution in [3.63, 3.8) is 0 Å². The molecule has 0 saturated carbocycles. The Kier molecular flexibility index (Phi) is 2.21. The molecule has 0 aromatic rings. The monoisotopic (exact) mass is 156 g/mol. The fourth-order valence-corrected chi connectivity index (χ4v) is 1.59. The van der Waals surface area contributed by atoms with Gasteiger partial charge in [0.15, 0.2) is 0 Å². The third-order valence-corrected chi connectivity index (χ3v) is 2.59. The van der Waals surface area contributed by atoms with Gasteiger partial charge in [-0.15, -0.1) is 0 Å². The molecular weight excluding hydrogens is 140 g/mol. The van der Waals surface area contributed by atoms with Crippen LogP contribution in [0.4, 0.5) is 0 Å². The molecule has 0 radical (unpaired) electrons. The minimum atomic E-state index is -0.0313. The number of rotatable bonds is 1. The largest absolute Gasteiger partial charge is 0.462 e. The summed E-state index contributed by atoms with van der Waals surface area (Å²) in [4.78, 5) is 11.1. The summed E-state index contributed by atoms with van der Waals surface area (Å²) in [6.07, 6.45) is 0.137. The van der Waals surface area contributed by atoms with Crippen molar-refractivity contribution in [3.05, 3.63) is 0 Å². The number of carbonyl (C=O) groups is 1. The normalized spacial score (nSPS) is 37.9. The summed E-state index contributed by atoms with van der Waals surface area (Å²) in [6, 6.07) is 0. The molecule has 1 rings (SSSR count). The SMILES string of the molecule is CC(C)[C@H]1OC(=O)[C@@H](C)[C@@H]1C. The number of hydrogen-bond acceptors (Lipinski definition) is 2. The minimum absolute atomic E-state index is 0.0313. The van der Waals surface area contributed by atoms with Gasteiger partial charge in [-0.3, -0.25) is 4.79 Å². The predicted molar refractivity (Wildman–Crippen MR) is 43.0 cm³/mol. The molecule has 0 spiro atoms. The van der Waals surface area contributed by atoms with E-state index >= 15 is 0 Å². The third-order valence-electron chi connectivity index (χ3n) is 2.59. The minimum Gasteiger partial charge on any atom is -0.462 e. The van der Waals surface area contributed by atoms with Gasteiger partial charge < -0.3 is 4.74 Å². The fourth-order valence-electron chi connectivity index (χ4n) is 1.59. The Balaban J connectivity index is 2.67. The highest BCUT2D eigenvalue weighted by Crippen LogP contribution is 2.31. The Morgan fingerprint density at radius 1 is 1.36 bits per heavy atom. The molecular formula is C9H16O2. The van der Waals surface area contributed by atoms with E-state index in [9.17, 15) is 4.79 Å². The van der Waals surface area contributed by atoms with Crippen LogP contribution in [0.1, 0.15) is 27.7 Å². The summed E-state index contributed by atoms with van der Waals surface area (Å²) in [5.74, 6) is 0.875. The molecule has 0 aromatic carbocycles. The number of ether oxygens (including phenoxy) is 1. The summed E-state index contributed by atoms with van der Waals surface area (Å²) < 4.78 is 5.21. The smallest absolute Gasteiger partial charge is 0.309 e. The summed E-state index contributed by atoms with van der Waals surface area (Å²) in [7, 11) is 0. The lowest BCUT2D eigenvalue weighted by Gasteiger charge is -2.18. The third kappa shape index (κ3) is 1.39. The average Bonchev–Trinajstić information content (AvgIpc) is 2.17. The molecule has 2 heteroatoms. The molecule has 3 atom stereocenters. The lowest BCUT2D eigenvalue weighted by Crippen LogP contribution is -2.21. The maximum Gasteiger partial charge on any atom is 0.309 e. The quantitative estimate of drug-likeness (QED) is 0.541. The van der Waals surface area contributed by atoms with Crippen LogP contribution in [0.2, 0.25) is 0 Å². The number of carbonyl (C=O) groups excluding carboxylic acids is 1. The highest BCUT2D eigenvalue weighted by Gasteiger charge is 2.39. The van der Waals surface area contributed by atoms with Crippen molar-refractivity contribution in [2.45, 2.75) is 33.8 Å². The van der Waals surface area contributed by atoms with Crippen LogP contribution in [0.15, 0.2) is 0 Å². The molecule has 1 aliphatic heterocycles. The van der Waals surface area contributed by atoms with E-state index in [1.165, 1.54) is 0 Å². The van der Waals surface area contributed by atoms with E-state index in [1.807, 2.05) is 6.92 Å². The van der Waals surface area contributed by atoms with Gasteiger partial charge in [0.05, 0.1) is 5.92 Å². The molecule has 0 amide bonds. The van der Waals surface area contributed by atoms with Gasteiger partial charge in [-0.25, -0.2) is 0 Å². The zero-order chi connectivity index (χ0) is 8.59. The Morgan fingerprint density at radius 3 is 2.09 bits per heavy atom. The van der Waals surface area contributed by atoms with Gasteiger partial charge in [0.25, 0.3) is 0 Å². The molecule has 2 nitrogen and oxygen atoms in total. The first-order chi connectivity index (χ1) is 5.04. The maximum absolute atomic E-state index is 11.1. The first-order valence-electron chi connectivity index (χ1n) is 4.24. The van der Waals surface area contributed by atoms with Crippen LogP contribution >= 0.6 is 0 Å². The van der Waals surface area contributed by atoms with Crippen molar-refractivity contribution in [1.82, 2.24) is 0 Å². The molecule has 0 aliphatic carbocycles. The second kappa shape index (κ2) is 2.84. The molecule has 0 unspecified atom stereocenters. The van der Waals surface area contributed by atoms with E-state index in [0.717, 1.165) is 0 Å². The van der Waals surface area contributed by atoms with E-state index in [2.05, 4.69) is 20.8 Å². The fraction of sp³-hybridized carbons (Fsp3) is 0.889. The summed E-state index contributed by atoms with van der Waals surface area (Å²) in [6.45, 7) is 8.20. The van der Waals surface area contributed by atoms with E-state index in [-0.39, 0.29) is 18.0 Å². The second-order valence-corrected chi connectivity index (χ2v) is 3.79. The summed E-state index contributed by atoms with van der Waals surface area (Å²) in [5.41, 5.74) is 0. The molecule has 1 fully saturated rings. The van der Waals surface area contributed by atoms with Gasteiger partial charge in [0.1, 0.15) is 6.10 Å². The highest BCUT2D eigenvalue weighted by atomic mass is 16.6. The van der Waals surface area contributed by atoms with Gasteiger partial charge in [-0.05, 0) is 5.92 Å². The molecule has 0 aromatic heterocycles. The molecule has 1 heterocycles. The number of hydrogen-bond donors (Lipinski definition) is 0. The average molecular weight is 156 g/mol. The van der Waals surface area contributed by atoms with Crippen LogP contribution in [-0.4, -0.2) is 12.1 Å². The van der Waals surface area contributed by atoms with Gasteiger partial charge in [0.2, 0.25) is 0 Å². The van der Waals surface area contributed by atoms with Gasteiger partial charge in [-0.2, -0.15) is 0 Å². The van der Waals surface area contributed by atoms with Crippen LogP contribution in [0, 0.1) is 17.8 Å². The molecule has 64 valence electrons. The topological polar surface area (TPSA) is 26.3 Å². The molecule has 11 heavy (non-hydrogen) atoms. The van der Waals surface area contributed by atoms with E-state index in [4.69, 9.17) is 4.74 Å². The van der Waals surface area contributed by atoms with Crippen molar-refractivity contribution in [1.29, 1.82) is 0 Å². The van der Waals surface area contributed by atoms with Crippen LogP contribution < -0.4 is 0 Å². The zero-order valence-corrected chi connectivity index (χ0v) is 7.63. The van der Waals surface area contributed by atoms with Crippen LogP contribution in [0.3, 0.4) is 0 Å². The van der Waals surface area contributed by atoms with Crippen molar-refractivity contribution in [3.8, 4) is 0 Å². The highest BCUT2D eigenvalue weighted by molar-refractivity contribution is 5.74. The van der Waals surface area contributed by atoms with Crippen molar-refractivity contribution in [2.75, 3.05) is 0 Å². The predicted octanol–water partition coefficient (Wildman–Crippen LogP) is 1.84. The molecule has 1 saturated heterocycles. The Labute approximate surface area is 67.9 Å². The van der Waals surface area contributed by atoms with Crippen molar-refractivity contribution in [2.24, 2.45) is 17.8 Å². The lowest BCUT2D eigenvalue weighted by atomic mass is 9.88. The van der Waals surface area contributed by atoms with Crippen LogP contribution in [-0.2, 0) is 9.53 Å². The molecule has 0 bridgehead atoms. The Hall–Kier alpha value is -0.530. The first kappa shape index (κ1) is 8.57. The van der Waals surface area contributed by atoms with Gasteiger partial charge >= 0.3 is 5.97 Å². The summed E-state index contributed by atoms with van der Waals surface area (Å²) >= 11 is 0. The van der Waals surface area contributed by atoms with Crippen molar-refractivity contribution >= 4 is 5.97 Å². The van der Waals surface area contributed by atoms with Crippen molar-refractivity contribution < 1.29 is 9.53 Å². The van der Waals surface area contributed by atoms with Gasteiger partial charge in [-0.1, -0.05) is 27.7 Å². The van der Waals surface area contributed by atoms with Crippen LogP contribution in [0.25, 0.3) is 0 Å². The van der Waals surface area contributed by atoms with Gasteiger partial charge in [0, 0.05) is 5.92 Å². The van der Waals surface area contributed by atoms with E-state index in [0.29, 0.717) is 11.8 Å². The van der Waals surface area contributed by atoms with Crippen LogP contribution in [0.5, 0.6) is 0 Å². The maximum atomic E-state index is 11.1. The zero-order valence-electron chi connectivity index (χ0n) is 7.63. The van der Waals surface area contributed by atoms with E-state index < -0.39 is 0 Å². The standard InChI is InChI=1S/C9H16O2/c1-5(2)8-6(3)7(4)9(10)11-8/h5-8H,1-4H3/t6-,7-,8+/m0/s1. The second-order valence-electron chi connectivity index (χ2n) is 3.79. The lowest BCUT2D eigenvalue weighted by molar-refractivity contribution is -0.145. The Morgan fingerprint density at radius 2 is 1.91 bits per heavy atom. The van der Waals surface area contributed by atoms with E-state index in [1.54, 1.807) is 0 Å². The Bertz CT molecular complexity index is 163. The summed E-state index contributed by atoms with van der Waals surface area (Å²) in [5, 5.41) is 0. The molecule has 0 N–H and O–H groups in total. The first-order valence-corrected chi connectivity index (χ1v) is 4.24. The number of cyclic esters (lactones) is 1. The molecule has 1 aliphatic rings.